The predicted molar refractivity (Wildman–Crippen MR) is 50.2 cm³/mol. The summed E-state index contributed by atoms with van der Waals surface area (Å²) in [6.07, 6.45) is 3.04. The average molecular weight is 184 g/mol. The van der Waals surface area contributed by atoms with Crippen molar-refractivity contribution in [2.24, 2.45) is 5.73 Å². The maximum absolute atomic E-state index is 11.1. The zero-order valence-electron chi connectivity index (χ0n) is 7.88. The van der Waals surface area contributed by atoms with Gasteiger partial charge in [-0.25, -0.2) is 0 Å². The summed E-state index contributed by atoms with van der Waals surface area (Å²) in [5.74, 6) is -0.119. The smallest absolute Gasteiger partial charge is 0.236 e. The molecule has 0 unspecified atom stereocenters. The molecule has 1 amide bonds. The van der Waals surface area contributed by atoms with Crippen LogP contribution < -0.4 is 11.1 Å². The fourth-order valence-electron chi connectivity index (χ4n) is 1.09. The quantitative estimate of drug-likeness (QED) is 0.597. The molecule has 0 fully saturated rings. The second-order valence-electron chi connectivity index (χ2n) is 3.21. The third kappa shape index (κ3) is 3.57. The van der Waals surface area contributed by atoms with Gasteiger partial charge in [0.15, 0.2) is 0 Å². The topological polar surface area (TPSA) is 64.4 Å². The Hall–Kier alpha value is -0.870. The Labute approximate surface area is 78.1 Å². The van der Waals surface area contributed by atoms with Crippen molar-refractivity contribution in [1.82, 2.24) is 5.32 Å². The van der Waals surface area contributed by atoms with E-state index in [0.717, 1.165) is 18.6 Å². The Morgan fingerprint density at radius 1 is 1.85 bits per heavy atom. The highest BCUT2D eigenvalue weighted by molar-refractivity contribution is 5.81. The standard InChI is InChI=1S/C9H16N2O2/c1-7(10)9(12)11-5-8-3-2-4-13-6-8/h3,7H,2,4-6,10H2,1H3,(H,11,12)/t7-/m1/s1. The summed E-state index contributed by atoms with van der Waals surface area (Å²) in [5, 5.41) is 2.74. The van der Waals surface area contributed by atoms with Crippen LogP contribution in [0, 0.1) is 0 Å². The first-order chi connectivity index (χ1) is 6.20. The molecule has 4 heteroatoms. The zero-order valence-corrected chi connectivity index (χ0v) is 7.88. The molecule has 0 aliphatic carbocycles. The van der Waals surface area contributed by atoms with Gasteiger partial charge in [-0.3, -0.25) is 4.79 Å². The molecular formula is C9H16N2O2. The van der Waals surface area contributed by atoms with Gasteiger partial charge >= 0.3 is 0 Å². The van der Waals surface area contributed by atoms with E-state index in [1.54, 1.807) is 6.92 Å². The SMILES string of the molecule is C[C@@H](N)C(=O)NCC1=CCCOC1. The first-order valence-corrected chi connectivity index (χ1v) is 4.49. The summed E-state index contributed by atoms with van der Waals surface area (Å²) in [6, 6.07) is -0.440. The molecule has 0 aromatic rings. The van der Waals surface area contributed by atoms with Crippen molar-refractivity contribution in [3.8, 4) is 0 Å². The summed E-state index contributed by atoms with van der Waals surface area (Å²) < 4.78 is 5.22. The fourth-order valence-corrected chi connectivity index (χ4v) is 1.09. The maximum atomic E-state index is 11.1. The molecule has 13 heavy (non-hydrogen) atoms. The number of hydrogen-bond acceptors (Lipinski definition) is 3. The lowest BCUT2D eigenvalue weighted by Crippen LogP contribution is -2.39. The van der Waals surface area contributed by atoms with E-state index >= 15 is 0 Å². The summed E-state index contributed by atoms with van der Waals surface area (Å²) >= 11 is 0. The lowest BCUT2D eigenvalue weighted by Gasteiger charge is -2.14. The minimum absolute atomic E-state index is 0.119. The lowest BCUT2D eigenvalue weighted by atomic mass is 10.2. The molecule has 0 spiro atoms. The molecular weight excluding hydrogens is 168 g/mol. The van der Waals surface area contributed by atoms with Gasteiger partial charge in [-0.15, -0.1) is 0 Å². The van der Waals surface area contributed by atoms with E-state index in [1.165, 1.54) is 0 Å². The van der Waals surface area contributed by atoms with Crippen molar-refractivity contribution >= 4 is 5.91 Å². The van der Waals surface area contributed by atoms with Crippen LogP contribution in [0.15, 0.2) is 11.6 Å². The molecule has 1 heterocycles. The van der Waals surface area contributed by atoms with Crippen LogP contribution in [0.2, 0.25) is 0 Å². The third-order valence-corrected chi connectivity index (χ3v) is 1.89. The van der Waals surface area contributed by atoms with Crippen LogP contribution >= 0.6 is 0 Å². The van der Waals surface area contributed by atoms with E-state index in [-0.39, 0.29) is 5.91 Å². The summed E-state index contributed by atoms with van der Waals surface area (Å²) in [4.78, 5) is 11.1. The van der Waals surface area contributed by atoms with Crippen molar-refractivity contribution in [2.75, 3.05) is 19.8 Å². The van der Waals surface area contributed by atoms with Gasteiger partial charge in [0.1, 0.15) is 0 Å². The van der Waals surface area contributed by atoms with E-state index in [0.29, 0.717) is 13.2 Å². The van der Waals surface area contributed by atoms with Gasteiger partial charge in [0.2, 0.25) is 5.91 Å². The Bertz CT molecular complexity index is 212. The molecule has 0 saturated carbocycles. The van der Waals surface area contributed by atoms with Crippen LogP contribution in [0.25, 0.3) is 0 Å². The normalized spacial score (nSPS) is 19.1. The van der Waals surface area contributed by atoms with Crippen LogP contribution in [0.5, 0.6) is 0 Å². The van der Waals surface area contributed by atoms with Crippen molar-refractivity contribution in [3.63, 3.8) is 0 Å². The van der Waals surface area contributed by atoms with Gasteiger partial charge in [-0.2, -0.15) is 0 Å². The summed E-state index contributed by atoms with van der Waals surface area (Å²) in [6.45, 7) is 3.63. The Morgan fingerprint density at radius 3 is 3.15 bits per heavy atom. The molecule has 3 N–H and O–H groups in total. The number of nitrogens with two attached hydrogens (primary N) is 1. The second-order valence-corrected chi connectivity index (χ2v) is 3.21. The van der Waals surface area contributed by atoms with Crippen LogP contribution in [0.4, 0.5) is 0 Å². The minimum Gasteiger partial charge on any atom is -0.377 e. The number of rotatable bonds is 3. The van der Waals surface area contributed by atoms with E-state index in [2.05, 4.69) is 11.4 Å². The number of hydrogen-bond donors (Lipinski definition) is 2. The molecule has 1 aliphatic rings. The second kappa shape index (κ2) is 4.99. The van der Waals surface area contributed by atoms with Crippen LogP contribution in [-0.2, 0) is 9.53 Å². The van der Waals surface area contributed by atoms with E-state index < -0.39 is 6.04 Å². The van der Waals surface area contributed by atoms with Gasteiger partial charge in [-0.1, -0.05) is 6.08 Å². The van der Waals surface area contributed by atoms with Crippen molar-refractivity contribution in [1.29, 1.82) is 0 Å². The maximum Gasteiger partial charge on any atom is 0.236 e. The van der Waals surface area contributed by atoms with Crippen molar-refractivity contribution in [2.45, 2.75) is 19.4 Å². The van der Waals surface area contributed by atoms with Crippen molar-refractivity contribution < 1.29 is 9.53 Å². The molecule has 4 nitrogen and oxygen atoms in total. The van der Waals surface area contributed by atoms with E-state index in [9.17, 15) is 4.79 Å². The van der Waals surface area contributed by atoms with Gasteiger partial charge < -0.3 is 15.8 Å². The number of ether oxygens (including phenoxy) is 1. The number of carbonyl (C=O) groups excluding carboxylic acids is 1. The largest absolute Gasteiger partial charge is 0.377 e. The molecule has 1 aliphatic heterocycles. The highest BCUT2D eigenvalue weighted by Gasteiger charge is 2.08. The van der Waals surface area contributed by atoms with Crippen LogP contribution in [0.1, 0.15) is 13.3 Å². The molecule has 1 atom stereocenters. The Balaban J connectivity index is 2.25. The lowest BCUT2D eigenvalue weighted by molar-refractivity contribution is -0.121. The van der Waals surface area contributed by atoms with Crippen LogP contribution in [0.3, 0.4) is 0 Å². The van der Waals surface area contributed by atoms with E-state index in [4.69, 9.17) is 10.5 Å². The van der Waals surface area contributed by atoms with E-state index in [1.807, 2.05) is 0 Å². The van der Waals surface area contributed by atoms with Gasteiger partial charge in [-0.05, 0) is 18.9 Å². The third-order valence-electron chi connectivity index (χ3n) is 1.89. The minimum atomic E-state index is -0.440. The summed E-state index contributed by atoms with van der Waals surface area (Å²) in [7, 11) is 0. The number of carbonyl (C=O) groups is 1. The number of nitrogens with one attached hydrogen (secondary N) is 1. The average Bonchev–Trinajstić information content (AvgIpc) is 2.15. The zero-order chi connectivity index (χ0) is 9.68. The molecule has 0 aromatic carbocycles. The van der Waals surface area contributed by atoms with Gasteiger partial charge in [0, 0.05) is 6.54 Å². The van der Waals surface area contributed by atoms with Gasteiger partial charge in [0.25, 0.3) is 0 Å². The molecule has 1 rings (SSSR count). The fraction of sp³-hybridized carbons (Fsp3) is 0.667. The summed E-state index contributed by atoms with van der Waals surface area (Å²) in [5.41, 5.74) is 6.51. The monoisotopic (exact) mass is 184 g/mol. The van der Waals surface area contributed by atoms with Crippen molar-refractivity contribution in [3.05, 3.63) is 11.6 Å². The van der Waals surface area contributed by atoms with Gasteiger partial charge in [0.05, 0.1) is 19.3 Å². The highest BCUT2D eigenvalue weighted by Crippen LogP contribution is 2.03. The number of amides is 1. The predicted octanol–water partition coefficient (Wildman–Crippen LogP) is -0.203. The first-order valence-electron chi connectivity index (χ1n) is 4.49. The van der Waals surface area contributed by atoms with Crippen LogP contribution in [-0.4, -0.2) is 31.7 Å². The highest BCUT2D eigenvalue weighted by atomic mass is 16.5. The Kier molecular flexibility index (Phi) is 3.92. The molecule has 0 bridgehead atoms. The Morgan fingerprint density at radius 2 is 2.62 bits per heavy atom. The molecule has 0 saturated heterocycles. The molecule has 74 valence electrons. The molecule has 0 radical (unpaired) electrons. The molecule has 0 aromatic heterocycles. The first kappa shape index (κ1) is 10.2.